The number of anilines is 1. The fourth-order valence-corrected chi connectivity index (χ4v) is 4.40. The number of Topliss-reactive ketones (excluding diaryl/α,β-unsaturated/α-hetero) is 1. The van der Waals surface area contributed by atoms with Crippen LogP contribution in [0.4, 0.5) is 9.93 Å². The molecule has 2 aliphatic heterocycles. The maximum Gasteiger partial charge on any atom is 0.413 e. The second kappa shape index (κ2) is 11.6. The van der Waals surface area contributed by atoms with Gasteiger partial charge in [-0.2, -0.15) is 0 Å². The van der Waals surface area contributed by atoms with Gasteiger partial charge in [0.15, 0.2) is 16.6 Å². The number of carboxylic acids is 1. The number of carbonyl (C=O) groups is 5. The molecule has 196 valence electrons. The van der Waals surface area contributed by atoms with Crippen molar-refractivity contribution < 1.29 is 38.7 Å². The molecular weight excluding hydrogens is 508 g/mol. The van der Waals surface area contributed by atoms with E-state index in [1.165, 1.54) is 30.5 Å². The molecule has 1 aromatic rings. The van der Waals surface area contributed by atoms with E-state index in [4.69, 9.17) is 9.57 Å². The van der Waals surface area contributed by atoms with Gasteiger partial charge in [0.25, 0.3) is 11.8 Å². The number of fused-ring (bicyclic) bond motifs is 1. The number of oxime groups is 1. The van der Waals surface area contributed by atoms with Gasteiger partial charge in [0.05, 0.1) is 5.70 Å². The van der Waals surface area contributed by atoms with Crippen molar-refractivity contribution in [3.63, 3.8) is 0 Å². The lowest BCUT2D eigenvalue weighted by atomic mass is 9.98. The molecule has 0 bridgehead atoms. The molecule has 0 saturated carbocycles. The molecule has 0 aliphatic carbocycles. The summed E-state index contributed by atoms with van der Waals surface area (Å²) in [7, 11) is 1.22. The Kier molecular flexibility index (Phi) is 8.52. The molecule has 0 aromatic carbocycles. The number of thiazole rings is 1. The number of hydrazine groups is 1. The number of ether oxygens (including phenoxy) is 1. The molecule has 14 nitrogen and oxygen atoms in total. The van der Waals surface area contributed by atoms with Crippen molar-refractivity contribution in [3.05, 3.63) is 47.7 Å². The molecule has 1 fully saturated rings. The molecule has 2 aliphatic rings. The first-order valence-electron chi connectivity index (χ1n) is 10.7. The van der Waals surface area contributed by atoms with Crippen molar-refractivity contribution in [2.75, 3.05) is 32.1 Å². The van der Waals surface area contributed by atoms with Crippen LogP contribution in [0.15, 0.2) is 47.1 Å². The molecule has 3 heterocycles. The second-order valence-electron chi connectivity index (χ2n) is 7.67. The van der Waals surface area contributed by atoms with Crippen LogP contribution >= 0.6 is 11.3 Å². The second-order valence-corrected chi connectivity index (χ2v) is 8.53. The van der Waals surface area contributed by atoms with Crippen LogP contribution in [-0.4, -0.2) is 88.3 Å². The van der Waals surface area contributed by atoms with Crippen LogP contribution in [0, 0.1) is 5.92 Å². The van der Waals surface area contributed by atoms with E-state index < -0.39 is 35.8 Å². The highest BCUT2D eigenvalue weighted by atomic mass is 32.1. The number of rotatable bonds is 11. The summed E-state index contributed by atoms with van der Waals surface area (Å²) in [4.78, 5) is 70.8. The van der Waals surface area contributed by atoms with Crippen LogP contribution in [0.25, 0.3) is 0 Å². The summed E-state index contributed by atoms with van der Waals surface area (Å²) in [6.07, 6.45) is 1.76. The van der Waals surface area contributed by atoms with E-state index in [2.05, 4.69) is 33.9 Å². The normalized spacial score (nSPS) is 18.2. The molecule has 1 unspecified atom stereocenters. The summed E-state index contributed by atoms with van der Waals surface area (Å²) in [5.41, 5.74) is -0.0234. The van der Waals surface area contributed by atoms with Gasteiger partial charge in [0.2, 0.25) is 0 Å². The average Bonchev–Trinajstić information content (AvgIpc) is 3.52. The zero-order valence-corrected chi connectivity index (χ0v) is 20.7. The first kappa shape index (κ1) is 27.2. The molecule has 15 heteroatoms. The SMILES string of the molecule is C=CCOC(=O)Nc1nc(/C(=N/OC)C(=O)N[C@H]2CN3CC(C(C)=O)=C(C(C=C)C(=O)O)N3C2=O)cs1. The third-order valence-electron chi connectivity index (χ3n) is 5.27. The summed E-state index contributed by atoms with van der Waals surface area (Å²) in [5, 5.41) is 22.4. The van der Waals surface area contributed by atoms with E-state index in [9.17, 15) is 29.1 Å². The minimum atomic E-state index is -1.30. The van der Waals surface area contributed by atoms with Crippen molar-refractivity contribution in [1.29, 1.82) is 0 Å². The first-order valence-corrected chi connectivity index (χ1v) is 11.6. The standard InChI is InChI=1S/C22H24N6O8S/c1-5-7-36-22(34)25-21-24-15(10-37-21)16(26-35-4)18(30)23-14-9-27-8-13(11(3)29)17(28(27)19(14)31)12(6-2)20(32)33/h5-6,10,12,14H,1-2,7-9H2,3-4H3,(H,23,30)(H,32,33)(H,24,25,34)/b26-16-/t12?,14-/m0/s1. The highest BCUT2D eigenvalue weighted by Crippen LogP contribution is 2.34. The average molecular weight is 533 g/mol. The molecular formula is C22H24N6O8S. The Bertz CT molecular complexity index is 1220. The van der Waals surface area contributed by atoms with Gasteiger partial charge in [-0.3, -0.25) is 24.5 Å². The van der Waals surface area contributed by atoms with Gasteiger partial charge in [0, 0.05) is 24.0 Å². The van der Waals surface area contributed by atoms with Gasteiger partial charge in [-0.15, -0.1) is 17.9 Å². The lowest BCUT2D eigenvalue weighted by molar-refractivity contribution is -0.141. The predicted molar refractivity (Wildman–Crippen MR) is 130 cm³/mol. The van der Waals surface area contributed by atoms with Gasteiger partial charge in [0.1, 0.15) is 31.4 Å². The van der Waals surface area contributed by atoms with Crippen LogP contribution in [0.1, 0.15) is 12.6 Å². The first-order chi connectivity index (χ1) is 17.6. The molecule has 1 aromatic heterocycles. The fourth-order valence-electron chi connectivity index (χ4n) is 3.72. The number of hydrogen-bond acceptors (Lipinski definition) is 11. The van der Waals surface area contributed by atoms with Crippen molar-refractivity contribution in [1.82, 2.24) is 20.3 Å². The van der Waals surface area contributed by atoms with Crippen molar-refractivity contribution in [2.24, 2.45) is 11.1 Å². The molecule has 3 N–H and O–H groups in total. The van der Waals surface area contributed by atoms with Gasteiger partial charge in [-0.1, -0.05) is 23.9 Å². The highest BCUT2D eigenvalue weighted by Gasteiger charge is 2.49. The van der Waals surface area contributed by atoms with Gasteiger partial charge < -0.3 is 20.0 Å². The van der Waals surface area contributed by atoms with E-state index in [-0.39, 0.29) is 53.3 Å². The monoisotopic (exact) mass is 532 g/mol. The fraction of sp³-hybridized carbons (Fsp3) is 0.318. The summed E-state index contributed by atoms with van der Waals surface area (Å²) < 4.78 is 4.82. The topological polar surface area (TPSA) is 180 Å². The minimum Gasteiger partial charge on any atom is -0.481 e. The quantitative estimate of drug-likeness (QED) is 0.206. The van der Waals surface area contributed by atoms with E-state index in [0.717, 1.165) is 22.4 Å². The van der Waals surface area contributed by atoms with Crippen LogP contribution in [0.3, 0.4) is 0 Å². The lowest BCUT2D eigenvalue weighted by Gasteiger charge is -2.24. The summed E-state index contributed by atoms with van der Waals surface area (Å²) in [6, 6.07) is -1.08. The van der Waals surface area contributed by atoms with E-state index in [1.807, 2.05) is 0 Å². The number of nitrogens with zero attached hydrogens (tertiary/aromatic N) is 4. The Morgan fingerprint density at radius 2 is 2.11 bits per heavy atom. The Morgan fingerprint density at radius 1 is 1.38 bits per heavy atom. The van der Waals surface area contributed by atoms with Crippen LogP contribution in [0.5, 0.6) is 0 Å². The Balaban J connectivity index is 1.78. The Labute approximate surface area is 214 Å². The molecule has 0 spiro atoms. The molecule has 0 radical (unpaired) electrons. The largest absolute Gasteiger partial charge is 0.481 e. The van der Waals surface area contributed by atoms with Crippen molar-refractivity contribution in [2.45, 2.75) is 13.0 Å². The highest BCUT2D eigenvalue weighted by molar-refractivity contribution is 7.14. The third-order valence-corrected chi connectivity index (χ3v) is 6.03. The van der Waals surface area contributed by atoms with Crippen molar-refractivity contribution >= 4 is 51.8 Å². The summed E-state index contributed by atoms with van der Waals surface area (Å²) >= 11 is 1.000. The number of aliphatic carboxylic acids is 1. The van der Waals surface area contributed by atoms with Gasteiger partial charge >= 0.3 is 12.1 Å². The summed E-state index contributed by atoms with van der Waals surface area (Å²) in [5.74, 6) is -4.38. The number of carbonyl (C=O) groups excluding carboxylic acids is 4. The molecule has 3 rings (SSSR count). The maximum atomic E-state index is 13.2. The smallest absolute Gasteiger partial charge is 0.413 e. The Hall–Kier alpha value is -4.37. The zero-order chi connectivity index (χ0) is 27.3. The van der Waals surface area contributed by atoms with Crippen LogP contribution in [0.2, 0.25) is 0 Å². The number of amides is 3. The van der Waals surface area contributed by atoms with Crippen LogP contribution < -0.4 is 10.6 Å². The van der Waals surface area contributed by atoms with Gasteiger partial charge in [-0.25, -0.2) is 19.8 Å². The Morgan fingerprint density at radius 3 is 2.70 bits per heavy atom. The van der Waals surface area contributed by atoms with Crippen molar-refractivity contribution in [3.8, 4) is 0 Å². The summed E-state index contributed by atoms with van der Waals surface area (Å²) in [6.45, 7) is 8.22. The molecule has 3 amide bonds. The van der Waals surface area contributed by atoms with E-state index in [0.29, 0.717) is 0 Å². The lowest BCUT2D eigenvalue weighted by Crippen LogP contribution is -2.46. The third kappa shape index (κ3) is 5.73. The van der Waals surface area contributed by atoms with E-state index in [1.54, 1.807) is 0 Å². The van der Waals surface area contributed by atoms with Crippen LogP contribution in [-0.2, 0) is 28.8 Å². The zero-order valence-electron chi connectivity index (χ0n) is 19.9. The molecule has 1 saturated heterocycles. The number of carboxylic acid groups (broad SMARTS) is 1. The number of hydrogen-bond donors (Lipinski definition) is 3. The number of nitrogens with one attached hydrogen (secondary N) is 2. The minimum absolute atomic E-state index is 0.00101. The molecule has 37 heavy (non-hydrogen) atoms. The molecule has 2 atom stereocenters. The number of ketones is 1. The number of aromatic nitrogens is 1. The van der Waals surface area contributed by atoms with Gasteiger partial charge in [-0.05, 0) is 6.92 Å². The predicted octanol–water partition coefficient (Wildman–Crippen LogP) is 0.516. The van der Waals surface area contributed by atoms with E-state index >= 15 is 0 Å². The maximum absolute atomic E-state index is 13.2.